The van der Waals surface area contributed by atoms with Crippen molar-refractivity contribution in [3.8, 4) is 0 Å². The number of carbonyl (C=O) groups is 3. The van der Waals surface area contributed by atoms with E-state index in [1.165, 1.54) is 7.11 Å². The van der Waals surface area contributed by atoms with Gasteiger partial charge in [-0.25, -0.2) is 0 Å². The first-order chi connectivity index (χ1) is 9.34. The van der Waals surface area contributed by atoms with Gasteiger partial charge in [-0.05, 0) is 20.3 Å². The molecule has 0 bridgehead atoms. The number of ketones is 1. The number of amides is 1. The molecule has 0 saturated carbocycles. The van der Waals surface area contributed by atoms with E-state index in [0.717, 1.165) is 0 Å². The second-order valence-corrected chi connectivity index (χ2v) is 4.99. The van der Waals surface area contributed by atoms with Gasteiger partial charge >= 0.3 is 5.97 Å². The SMILES string of the molecule is COC(=O)CC(=O)NCCCC(=O)[C@@H]1COC(C)(C)O1. The van der Waals surface area contributed by atoms with Gasteiger partial charge in [-0.1, -0.05) is 0 Å². The number of rotatable bonds is 7. The van der Waals surface area contributed by atoms with E-state index in [9.17, 15) is 14.4 Å². The van der Waals surface area contributed by atoms with Gasteiger partial charge in [-0.2, -0.15) is 0 Å². The fourth-order valence-corrected chi connectivity index (χ4v) is 1.76. The van der Waals surface area contributed by atoms with Crippen LogP contribution in [-0.2, 0) is 28.6 Å². The summed E-state index contributed by atoms with van der Waals surface area (Å²) in [5.74, 6) is -1.75. The summed E-state index contributed by atoms with van der Waals surface area (Å²) in [4.78, 5) is 33.9. The molecule has 0 aromatic heterocycles. The number of carbonyl (C=O) groups excluding carboxylic acids is 3. The van der Waals surface area contributed by atoms with Crippen LogP contribution >= 0.6 is 0 Å². The molecule has 0 radical (unpaired) electrons. The zero-order valence-corrected chi connectivity index (χ0v) is 12.1. The summed E-state index contributed by atoms with van der Waals surface area (Å²) >= 11 is 0. The van der Waals surface area contributed by atoms with Gasteiger partial charge in [0.1, 0.15) is 12.5 Å². The Morgan fingerprint density at radius 3 is 2.60 bits per heavy atom. The Bertz CT molecular complexity index is 379. The maximum Gasteiger partial charge on any atom is 0.315 e. The maximum absolute atomic E-state index is 11.8. The van der Waals surface area contributed by atoms with E-state index in [0.29, 0.717) is 19.4 Å². The molecule has 1 amide bonds. The third kappa shape index (κ3) is 5.66. The summed E-state index contributed by atoms with van der Waals surface area (Å²) in [6, 6.07) is 0. The van der Waals surface area contributed by atoms with Crippen molar-refractivity contribution in [2.45, 2.75) is 45.0 Å². The predicted molar refractivity (Wildman–Crippen MR) is 68.8 cm³/mol. The Morgan fingerprint density at radius 1 is 1.35 bits per heavy atom. The van der Waals surface area contributed by atoms with Crippen LogP contribution in [-0.4, -0.2) is 49.8 Å². The van der Waals surface area contributed by atoms with Crippen molar-refractivity contribution in [2.75, 3.05) is 20.3 Å². The average molecular weight is 287 g/mol. The number of nitrogens with one attached hydrogen (secondary N) is 1. The van der Waals surface area contributed by atoms with Crippen molar-refractivity contribution in [3.05, 3.63) is 0 Å². The predicted octanol–water partition coefficient (Wildman–Crippen LogP) is 0.167. The largest absolute Gasteiger partial charge is 0.469 e. The molecule has 0 aliphatic carbocycles. The van der Waals surface area contributed by atoms with E-state index in [4.69, 9.17) is 9.47 Å². The fourth-order valence-electron chi connectivity index (χ4n) is 1.76. The van der Waals surface area contributed by atoms with Crippen molar-refractivity contribution in [1.29, 1.82) is 0 Å². The molecule has 7 nitrogen and oxygen atoms in total. The molecule has 1 atom stereocenters. The Hall–Kier alpha value is -1.47. The van der Waals surface area contributed by atoms with E-state index in [-0.39, 0.29) is 18.8 Å². The summed E-state index contributed by atoms with van der Waals surface area (Å²) in [5.41, 5.74) is 0. The van der Waals surface area contributed by atoms with Gasteiger partial charge in [0.25, 0.3) is 0 Å². The Labute approximate surface area is 117 Å². The van der Waals surface area contributed by atoms with Crippen LogP contribution < -0.4 is 5.32 Å². The highest BCUT2D eigenvalue weighted by molar-refractivity contribution is 5.94. The van der Waals surface area contributed by atoms with Crippen molar-refractivity contribution >= 4 is 17.7 Å². The molecular formula is C13H21NO6. The minimum Gasteiger partial charge on any atom is -0.469 e. The first kappa shape index (κ1) is 16.6. The van der Waals surface area contributed by atoms with Gasteiger partial charge in [0.15, 0.2) is 11.6 Å². The van der Waals surface area contributed by atoms with Crippen molar-refractivity contribution < 1.29 is 28.6 Å². The van der Waals surface area contributed by atoms with E-state index in [2.05, 4.69) is 10.1 Å². The normalized spacial score (nSPS) is 20.4. The topological polar surface area (TPSA) is 90.9 Å². The van der Waals surface area contributed by atoms with Gasteiger partial charge in [0.05, 0.1) is 13.7 Å². The molecule has 1 fully saturated rings. The van der Waals surface area contributed by atoms with Gasteiger partial charge in [-0.15, -0.1) is 0 Å². The molecule has 1 rings (SSSR count). The van der Waals surface area contributed by atoms with E-state index < -0.39 is 23.8 Å². The quantitative estimate of drug-likeness (QED) is 0.408. The number of Topliss-reactive ketones (excluding diaryl/α,β-unsaturated/α-hetero) is 1. The van der Waals surface area contributed by atoms with Crippen LogP contribution in [0.1, 0.15) is 33.1 Å². The molecule has 1 aliphatic rings. The van der Waals surface area contributed by atoms with Gasteiger partial charge in [-0.3, -0.25) is 14.4 Å². The molecule has 114 valence electrons. The molecule has 0 spiro atoms. The van der Waals surface area contributed by atoms with Crippen LogP contribution in [0.25, 0.3) is 0 Å². The molecule has 1 aliphatic heterocycles. The lowest BCUT2D eigenvalue weighted by atomic mass is 10.1. The van der Waals surface area contributed by atoms with Gasteiger partial charge in [0.2, 0.25) is 5.91 Å². The van der Waals surface area contributed by atoms with Crippen LogP contribution in [0.2, 0.25) is 0 Å². The standard InChI is InChI=1S/C13H21NO6/c1-13(2)19-8-10(20-13)9(15)5-4-6-14-11(16)7-12(17)18-3/h10H,4-8H2,1-3H3,(H,14,16)/t10-/m0/s1. The molecule has 1 N–H and O–H groups in total. The number of methoxy groups -OCH3 is 1. The van der Waals surface area contributed by atoms with Crippen molar-refractivity contribution in [2.24, 2.45) is 0 Å². The third-order valence-electron chi connectivity index (χ3n) is 2.82. The van der Waals surface area contributed by atoms with Crippen molar-refractivity contribution in [1.82, 2.24) is 5.32 Å². The zero-order valence-electron chi connectivity index (χ0n) is 12.1. The third-order valence-corrected chi connectivity index (χ3v) is 2.82. The average Bonchev–Trinajstić information content (AvgIpc) is 2.74. The van der Waals surface area contributed by atoms with Crippen LogP contribution in [0.5, 0.6) is 0 Å². The first-order valence-corrected chi connectivity index (χ1v) is 6.52. The van der Waals surface area contributed by atoms with E-state index in [1.807, 2.05) is 0 Å². The number of hydrogen-bond acceptors (Lipinski definition) is 6. The molecule has 20 heavy (non-hydrogen) atoms. The monoisotopic (exact) mass is 287 g/mol. The number of ether oxygens (including phenoxy) is 3. The smallest absolute Gasteiger partial charge is 0.315 e. The molecule has 0 aromatic carbocycles. The molecule has 1 saturated heterocycles. The lowest BCUT2D eigenvalue weighted by Gasteiger charge is -2.16. The van der Waals surface area contributed by atoms with Gasteiger partial charge < -0.3 is 19.5 Å². The highest BCUT2D eigenvalue weighted by Gasteiger charge is 2.36. The molecule has 1 heterocycles. The minimum absolute atomic E-state index is 0.0437. The number of hydrogen-bond donors (Lipinski definition) is 1. The molecule has 0 unspecified atom stereocenters. The summed E-state index contributed by atoms with van der Waals surface area (Å²) in [6.45, 7) is 4.11. The van der Waals surface area contributed by atoms with Crippen LogP contribution in [0.3, 0.4) is 0 Å². The highest BCUT2D eigenvalue weighted by atomic mass is 16.7. The van der Waals surface area contributed by atoms with Crippen molar-refractivity contribution in [3.63, 3.8) is 0 Å². The van der Waals surface area contributed by atoms with Crippen LogP contribution in [0, 0.1) is 0 Å². The maximum atomic E-state index is 11.8. The van der Waals surface area contributed by atoms with Crippen LogP contribution in [0.4, 0.5) is 0 Å². The second kappa shape index (κ2) is 7.35. The first-order valence-electron chi connectivity index (χ1n) is 6.52. The second-order valence-electron chi connectivity index (χ2n) is 4.99. The number of esters is 1. The summed E-state index contributed by atoms with van der Waals surface area (Å²) in [6.07, 6.45) is -0.0527. The minimum atomic E-state index is -0.713. The zero-order chi connectivity index (χ0) is 15.2. The highest BCUT2D eigenvalue weighted by Crippen LogP contribution is 2.23. The lowest BCUT2D eigenvalue weighted by Crippen LogP contribution is -2.29. The summed E-state index contributed by atoms with van der Waals surface area (Å²) in [5, 5.41) is 2.55. The molecule has 7 heteroatoms. The Kier molecular flexibility index (Phi) is 6.09. The van der Waals surface area contributed by atoms with E-state index >= 15 is 0 Å². The molecule has 0 aromatic rings. The summed E-state index contributed by atoms with van der Waals surface area (Å²) < 4.78 is 15.1. The van der Waals surface area contributed by atoms with Crippen LogP contribution in [0.15, 0.2) is 0 Å². The fraction of sp³-hybridized carbons (Fsp3) is 0.769. The molecular weight excluding hydrogens is 266 g/mol. The summed E-state index contributed by atoms with van der Waals surface area (Å²) in [7, 11) is 1.22. The Balaban J connectivity index is 2.14. The lowest BCUT2D eigenvalue weighted by molar-refractivity contribution is -0.152. The van der Waals surface area contributed by atoms with Gasteiger partial charge in [0, 0.05) is 13.0 Å². The Morgan fingerprint density at radius 2 is 2.05 bits per heavy atom. The van der Waals surface area contributed by atoms with E-state index in [1.54, 1.807) is 13.8 Å².